The third-order valence-corrected chi connectivity index (χ3v) is 3.70. The summed E-state index contributed by atoms with van der Waals surface area (Å²) in [5.41, 5.74) is 8.66. The molecule has 0 bridgehead atoms. The van der Waals surface area contributed by atoms with Gasteiger partial charge in [0.05, 0.1) is 0 Å². The summed E-state index contributed by atoms with van der Waals surface area (Å²) in [6, 6.07) is 5.91. The lowest BCUT2D eigenvalue weighted by atomic mass is 10.1. The van der Waals surface area contributed by atoms with Crippen LogP contribution in [0.4, 0.5) is 5.69 Å². The largest absolute Gasteiger partial charge is 0.409 e. The van der Waals surface area contributed by atoms with Crippen molar-refractivity contribution in [2.75, 3.05) is 24.6 Å². The van der Waals surface area contributed by atoms with Crippen molar-refractivity contribution in [2.24, 2.45) is 16.8 Å². The van der Waals surface area contributed by atoms with E-state index >= 15 is 0 Å². The Morgan fingerprint density at radius 3 is 3.00 bits per heavy atom. The fourth-order valence-corrected chi connectivity index (χ4v) is 2.64. The number of anilines is 1. The monoisotopic (exact) mass is 263 g/mol. The number of nitrogens with zero attached hydrogens (tertiary/aromatic N) is 2. The maximum Gasteiger partial charge on any atom is 0.172 e. The van der Waals surface area contributed by atoms with Gasteiger partial charge in [-0.3, -0.25) is 0 Å². The molecule has 1 aliphatic heterocycles. The van der Waals surface area contributed by atoms with E-state index in [2.05, 4.69) is 16.1 Å². The third kappa shape index (κ3) is 2.98. The molecule has 0 amide bonds. The summed E-state index contributed by atoms with van der Waals surface area (Å²) in [7, 11) is 0. The van der Waals surface area contributed by atoms with E-state index in [4.69, 9.17) is 16.0 Å². The van der Waals surface area contributed by atoms with Gasteiger partial charge in [-0.2, -0.15) is 0 Å². The predicted molar refractivity (Wildman–Crippen MR) is 75.7 cm³/mol. The smallest absolute Gasteiger partial charge is 0.172 e. The Bertz CT molecular complexity index is 474. The Labute approximate surface area is 113 Å². The number of nitrogens with two attached hydrogens (primary N) is 1. The van der Waals surface area contributed by atoms with Gasteiger partial charge in [-0.1, -0.05) is 11.2 Å². The van der Waals surface area contributed by atoms with Crippen molar-refractivity contribution in [1.29, 1.82) is 0 Å². The number of oxime groups is 1. The van der Waals surface area contributed by atoms with Crippen LogP contribution >= 0.6 is 0 Å². The fourth-order valence-electron chi connectivity index (χ4n) is 2.64. The van der Waals surface area contributed by atoms with Gasteiger partial charge < -0.3 is 20.9 Å². The van der Waals surface area contributed by atoms with Crippen LogP contribution in [-0.2, 0) is 0 Å². The van der Waals surface area contributed by atoms with Crippen LogP contribution in [0.25, 0.3) is 0 Å². The first kappa shape index (κ1) is 13.7. The zero-order valence-electron chi connectivity index (χ0n) is 11.2. The standard InChI is InChI=1S/C14H21N3O2/c1-10-2-3-12(14(15)16-19)13(8-10)17-6-4-11(9-17)5-7-18/h2-3,8,11,18-19H,4-7,9H2,1H3,(H2,15,16). The van der Waals surface area contributed by atoms with Crippen molar-refractivity contribution in [3.8, 4) is 0 Å². The number of aliphatic hydroxyl groups is 1. The number of aryl methyl sites for hydroxylation is 1. The molecule has 1 fully saturated rings. The molecular weight excluding hydrogens is 242 g/mol. The molecule has 5 nitrogen and oxygen atoms in total. The maximum atomic E-state index is 9.02. The van der Waals surface area contributed by atoms with Crippen LogP contribution < -0.4 is 10.6 Å². The number of rotatable bonds is 4. The van der Waals surface area contributed by atoms with Gasteiger partial charge in [0.1, 0.15) is 0 Å². The highest BCUT2D eigenvalue weighted by atomic mass is 16.4. The number of hydrogen-bond acceptors (Lipinski definition) is 4. The predicted octanol–water partition coefficient (Wildman–Crippen LogP) is 1.30. The van der Waals surface area contributed by atoms with E-state index in [1.807, 2.05) is 19.1 Å². The second kappa shape index (κ2) is 5.93. The molecule has 1 unspecified atom stereocenters. The Morgan fingerprint density at radius 2 is 2.32 bits per heavy atom. The van der Waals surface area contributed by atoms with Gasteiger partial charge in [0.2, 0.25) is 0 Å². The van der Waals surface area contributed by atoms with Gasteiger partial charge in [-0.25, -0.2) is 0 Å². The quantitative estimate of drug-likeness (QED) is 0.331. The molecule has 1 aliphatic rings. The molecular formula is C14H21N3O2. The molecule has 0 aromatic heterocycles. The fraction of sp³-hybridized carbons (Fsp3) is 0.500. The third-order valence-electron chi connectivity index (χ3n) is 3.70. The van der Waals surface area contributed by atoms with Gasteiger partial charge in [-0.05, 0) is 43.4 Å². The highest BCUT2D eigenvalue weighted by Gasteiger charge is 2.24. The Morgan fingerprint density at radius 1 is 1.53 bits per heavy atom. The molecule has 104 valence electrons. The molecule has 1 atom stereocenters. The molecule has 1 saturated heterocycles. The van der Waals surface area contributed by atoms with Crippen LogP contribution in [-0.4, -0.2) is 35.8 Å². The van der Waals surface area contributed by atoms with Crippen molar-refractivity contribution in [3.05, 3.63) is 29.3 Å². The summed E-state index contributed by atoms with van der Waals surface area (Å²) in [5, 5.41) is 21.0. The van der Waals surface area contributed by atoms with Gasteiger partial charge >= 0.3 is 0 Å². The minimum Gasteiger partial charge on any atom is -0.409 e. The summed E-state index contributed by atoms with van der Waals surface area (Å²) in [6.07, 6.45) is 1.91. The minimum atomic E-state index is 0.139. The lowest BCUT2D eigenvalue weighted by Gasteiger charge is -2.22. The molecule has 5 heteroatoms. The normalized spacial score (nSPS) is 20.0. The van der Waals surface area contributed by atoms with Crippen molar-refractivity contribution < 1.29 is 10.3 Å². The molecule has 0 saturated carbocycles. The number of amidine groups is 1. The van der Waals surface area contributed by atoms with Crippen molar-refractivity contribution in [2.45, 2.75) is 19.8 Å². The van der Waals surface area contributed by atoms with Crippen molar-refractivity contribution in [3.63, 3.8) is 0 Å². The van der Waals surface area contributed by atoms with E-state index in [1.54, 1.807) is 0 Å². The van der Waals surface area contributed by atoms with E-state index < -0.39 is 0 Å². The number of aliphatic hydroxyl groups excluding tert-OH is 1. The summed E-state index contributed by atoms with van der Waals surface area (Å²) in [4.78, 5) is 2.25. The summed E-state index contributed by atoms with van der Waals surface area (Å²) in [6.45, 7) is 4.12. The highest BCUT2D eigenvalue weighted by molar-refractivity contribution is 6.02. The summed E-state index contributed by atoms with van der Waals surface area (Å²) in [5.74, 6) is 0.659. The molecule has 2 rings (SSSR count). The first-order chi connectivity index (χ1) is 9.15. The van der Waals surface area contributed by atoms with E-state index in [-0.39, 0.29) is 12.4 Å². The van der Waals surface area contributed by atoms with Crippen LogP contribution in [0.2, 0.25) is 0 Å². The number of hydrogen-bond donors (Lipinski definition) is 3. The van der Waals surface area contributed by atoms with Crippen LogP contribution in [0.15, 0.2) is 23.4 Å². The van der Waals surface area contributed by atoms with Gasteiger partial charge in [-0.15, -0.1) is 0 Å². The zero-order chi connectivity index (χ0) is 13.8. The van der Waals surface area contributed by atoms with Crippen LogP contribution in [0, 0.1) is 12.8 Å². The second-order valence-electron chi connectivity index (χ2n) is 5.12. The van der Waals surface area contributed by atoms with Crippen LogP contribution in [0.5, 0.6) is 0 Å². The molecule has 1 aromatic carbocycles. The highest BCUT2D eigenvalue weighted by Crippen LogP contribution is 2.29. The average molecular weight is 263 g/mol. The van der Waals surface area contributed by atoms with Crippen molar-refractivity contribution in [1.82, 2.24) is 0 Å². The van der Waals surface area contributed by atoms with Crippen molar-refractivity contribution >= 4 is 11.5 Å². The minimum absolute atomic E-state index is 0.139. The van der Waals surface area contributed by atoms with E-state index in [1.165, 1.54) is 0 Å². The molecule has 0 radical (unpaired) electrons. The van der Waals surface area contributed by atoms with Gasteiger partial charge in [0.15, 0.2) is 5.84 Å². The molecule has 0 spiro atoms. The lowest BCUT2D eigenvalue weighted by Crippen LogP contribution is -2.25. The molecule has 1 aromatic rings. The Kier molecular flexibility index (Phi) is 4.27. The topological polar surface area (TPSA) is 82.1 Å². The molecule has 0 aliphatic carbocycles. The maximum absolute atomic E-state index is 9.02. The summed E-state index contributed by atoms with van der Waals surface area (Å²) < 4.78 is 0. The molecule has 1 heterocycles. The number of benzene rings is 1. The first-order valence-electron chi connectivity index (χ1n) is 6.60. The lowest BCUT2D eigenvalue weighted by molar-refractivity contribution is 0.263. The SMILES string of the molecule is Cc1ccc(/C(N)=N/O)c(N2CCC(CCO)C2)c1. The zero-order valence-corrected chi connectivity index (χ0v) is 11.2. The van der Waals surface area contributed by atoms with E-state index in [0.717, 1.165) is 42.7 Å². The van der Waals surface area contributed by atoms with Crippen LogP contribution in [0.1, 0.15) is 24.0 Å². The average Bonchev–Trinajstić information content (AvgIpc) is 2.87. The van der Waals surface area contributed by atoms with E-state index in [0.29, 0.717) is 5.92 Å². The summed E-state index contributed by atoms with van der Waals surface area (Å²) >= 11 is 0. The van der Waals surface area contributed by atoms with E-state index in [9.17, 15) is 0 Å². The molecule has 4 N–H and O–H groups in total. The van der Waals surface area contributed by atoms with Gasteiger partial charge in [0, 0.05) is 30.9 Å². The van der Waals surface area contributed by atoms with Gasteiger partial charge in [0.25, 0.3) is 0 Å². The second-order valence-corrected chi connectivity index (χ2v) is 5.12. The first-order valence-corrected chi connectivity index (χ1v) is 6.60. The Hall–Kier alpha value is -1.75. The van der Waals surface area contributed by atoms with Crippen LogP contribution in [0.3, 0.4) is 0 Å². The Balaban J connectivity index is 2.26. The molecule has 19 heavy (non-hydrogen) atoms.